The van der Waals surface area contributed by atoms with Crippen molar-refractivity contribution in [2.45, 2.75) is 6.92 Å². The van der Waals surface area contributed by atoms with E-state index in [0.29, 0.717) is 24.5 Å². The van der Waals surface area contributed by atoms with Crippen molar-refractivity contribution >= 4 is 11.6 Å². The molecule has 2 aromatic rings. The van der Waals surface area contributed by atoms with E-state index < -0.39 is 0 Å². The van der Waals surface area contributed by atoms with E-state index in [0.717, 1.165) is 5.69 Å². The van der Waals surface area contributed by atoms with Gasteiger partial charge in [-0.1, -0.05) is 12.1 Å². The number of carbonyl (C=O) groups is 1. The number of carbonyl (C=O) groups excluding carboxylic acids is 1. The minimum Gasteiger partial charge on any atom is -0.397 e. The van der Waals surface area contributed by atoms with Crippen LogP contribution in [-0.2, 0) is 0 Å². The molecule has 0 radical (unpaired) electrons. The number of nitrogens with zero attached hydrogens (tertiary/aromatic N) is 3. The summed E-state index contributed by atoms with van der Waals surface area (Å²) >= 11 is 0. The van der Waals surface area contributed by atoms with Crippen molar-refractivity contribution in [3.63, 3.8) is 0 Å². The summed E-state index contributed by atoms with van der Waals surface area (Å²) in [7, 11) is 0. The van der Waals surface area contributed by atoms with Crippen LogP contribution in [0.15, 0.2) is 36.5 Å². The van der Waals surface area contributed by atoms with E-state index in [4.69, 9.17) is 10.8 Å². The molecule has 6 nitrogen and oxygen atoms in total. The lowest BCUT2D eigenvalue weighted by Gasteiger charge is -2.18. The van der Waals surface area contributed by atoms with Crippen molar-refractivity contribution in [3.05, 3.63) is 42.2 Å². The number of rotatable bonds is 5. The molecule has 0 spiro atoms. The van der Waals surface area contributed by atoms with Crippen LogP contribution < -0.4 is 5.73 Å². The Kier molecular flexibility index (Phi) is 4.37. The summed E-state index contributed by atoms with van der Waals surface area (Å²) in [6, 6.07) is 8.97. The van der Waals surface area contributed by atoms with Crippen molar-refractivity contribution in [2.24, 2.45) is 0 Å². The molecule has 1 aromatic carbocycles. The van der Waals surface area contributed by atoms with Gasteiger partial charge in [0.1, 0.15) is 0 Å². The van der Waals surface area contributed by atoms with Crippen molar-refractivity contribution in [2.75, 3.05) is 25.4 Å². The fraction of sp³-hybridized carbons (Fsp3) is 0.286. The second-order valence-corrected chi connectivity index (χ2v) is 4.31. The fourth-order valence-corrected chi connectivity index (χ4v) is 1.95. The highest BCUT2D eigenvalue weighted by Crippen LogP contribution is 2.16. The number of nitrogens with two attached hydrogens (primary N) is 1. The predicted octanol–water partition coefficient (Wildman–Crippen LogP) is 0.909. The van der Waals surface area contributed by atoms with Crippen molar-refractivity contribution in [1.29, 1.82) is 0 Å². The van der Waals surface area contributed by atoms with Crippen LogP contribution in [0.2, 0.25) is 0 Å². The Bertz CT molecular complexity index is 594. The van der Waals surface area contributed by atoms with Gasteiger partial charge < -0.3 is 15.7 Å². The maximum absolute atomic E-state index is 12.2. The Labute approximate surface area is 117 Å². The van der Waals surface area contributed by atoms with E-state index >= 15 is 0 Å². The van der Waals surface area contributed by atoms with Crippen molar-refractivity contribution in [1.82, 2.24) is 14.7 Å². The van der Waals surface area contributed by atoms with E-state index in [-0.39, 0.29) is 12.5 Å². The van der Waals surface area contributed by atoms with Crippen LogP contribution in [-0.4, -0.2) is 45.4 Å². The van der Waals surface area contributed by atoms with Crippen LogP contribution in [0.5, 0.6) is 0 Å². The fourth-order valence-electron chi connectivity index (χ4n) is 1.95. The highest BCUT2D eigenvalue weighted by Gasteiger charge is 2.17. The van der Waals surface area contributed by atoms with Gasteiger partial charge in [-0.2, -0.15) is 5.10 Å². The minimum absolute atomic E-state index is 0.0636. The lowest BCUT2D eigenvalue weighted by Crippen LogP contribution is -2.33. The van der Waals surface area contributed by atoms with Gasteiger partial charge in [0.25, 0.3) is 5.91 Å². The SMILES string of the molecule is CCN(CCO)C(=O)c1ccn(-c2ccccc2N)n1. The normalized spacial score (nSPS) is 10.5. The number of para-hydroxylation sites is 2. The van der Waals surface area contributed by atoms with Gasteiger partial charge in [-0.3, -0.25) is 4.79 Å². The number of nitrogen functional groups attached to an aromatic ring is 1. The summed E-state index contributed by atoms with van der Waals surface area (Å²) in [5.74, 6) is -0.199. The molecule has 0 saturated carbocycles. The summed E-state index contributed by atoms with van der Waals surface area (Å²) in [5.41, 5.74) is 7.55. The summed E-state index contributed by atoms with van der Waals surface area (Å²) < 4.78 is 1.58. The van der Waals surface area contributed by atoms with Gasteiger partial charge in [-0.25, -0.2) is 4.68 Å². The average molecular weight is 274 g/mol. The first-order valence-corrected chi connectivity index (χ1v) is 6.48. The molecule has 106 valence electrons. The molecule has 0 atom stereocenters. The molecule has 0 saturated heterocycles. The number of hydrogen-bond donors (Lipinski definition) is 2. The smallest absolute Gasteiger partial charge is 0.274 e. The molecule has 0 aliphatic rings. The maximum atomic E-state index is 12.2. The Balaban J connectivity index is 2.25. The molecule has 3 N–H and O–H groups in total. The first kappa shape index (κ1) is 14.1. The summed E-state index contributed by atoms with van der Waals surface area (Å²) in [5, 5.41) is 13.2. The number of aliphatic hydroxyl groups is 1. The van der Waals surface area contributed by atoms with Gasteiger partial charge in [0.15, 0.2) is 5.69 Å². The Morgan fingerprint density at radius 3 is 2.80 bits per heavy atom. The monoisotopic (exact) mass is 274 g/mol. The van der Waals surface area contributed by atoms with E-state index in [1.54, 1.807) is 27.9 Å². The second kappa shape index (κ2) is 6.21. The number of hydrogen-bond acceptors (Lipinski definition) is 4. The van der Waals surface area contributed by atoms with Crippen LogP contribution >= 0.6 is 0 Å². The van der Waals surface area contributed by atoms with Crippen LogP contribution in [0.4, 0.5) is 5.69 Å². The lowest BCUT2D eigenvalue weighted by molar-refractivity contribution is 0.0725. The third-order valence-electron chi connectivity index (χ3n) is 3.03. The molecule has 6 heteroatoms. The Morgan fingerprint density at radius 2 is 2.15 bits per heavy atom. The summed E-state index contributed by atoms with van der Waals surface area (Å²) in [4.78, 5) is 13.7. The molecule has 0 aliphatic heterocycles. The third-order valence-corrected chi connectivity index (χ3v) is 3.03. The van der Waals surface area contributed by atoms with Crippen LogP contribution in [0.25, 0.3) is 5.69 Å². The molecule has 20 heavy (non-hydrogen) atoms. The van der Waals surface area contributed by atoms with Crippen molar-refractivity contribution in [3.8, 4) is 5.69 Å². The van der Waals surface area contributed by atoms with Gasteiger partial charge in [-0.05, 0) is 25.1 Å². The predicted molar refractivity (Wildman–Crippen MR) is 76.6 cm³/mol. The highest BCUT2D eigenvalue weighted by atomic mass is 16.3. The number of amides is 1. The first-order chi connectivity index (χ1) is 9.67. The average Bonchev–Trinajstić information content (AvgIpc) is 2.94. The standard InChI is InChI=1S/C14H18N4O2/c1-2-17(9-10-19)14(20)12-7-8-18(16-12)13-6-4-3-5-11(13)15/h3-8,19H,2,9-10,15H2,1H3. The van der Waals surface area contributed by atoms with E-state index in [2.05, 4.69) is 5.10 Å². The summed E-state index contributed by atoms with van der Waals surface area (Å²) in [6.45, 7) is 2.63. The first-order valence-electron chi connectivity index (χ1n) is 6.48. The van der Waals surface area contributed by atoms with E-state index in [1.807, 2.05) is 25.1 Å². The van der Waals surface area contributed by atoms with Gasteiger partial charge in [-0.15, -0.1) is 0 Å². The highest BCUT2D eigenvalue weighted by molar-refractivity contribution is 5.92. The quantitative estimate of drug-likeness (QED) is 0.794. The minimum atomic E-state index is -0.199. The molecular weight excluding hydrogens is 256 g/mol. The lowest BCUT2D eigenvalue weighted by atomic mass is 10.3. The molecule has 0 fully saturated rings. The van der Waals surface area contributed by atoms with Gasteiger partial charge in [0.05, 0.1) is 18.0 Å². The van der Waals surface area contributed by atoms with E-state index in [9.17, 15) is 4.79 Å². The topological polar surface area (TPSA) is 84.4 Å². The molecule has 1 aromatic heterocycles. The maximum Gasteiger partial charge on any atom is 0.274 e. The van der Waals surface area contributed by atoms with Gasteiger partial charge >= 0.3 is 0 Å². The zero-order valence-corrected chi connectivity index (χ0v) is 11.4. The second-order valence-electron chi connectivity index (χ2n) is 4.31. The van der Waals surface area contributed by atoms with Crippen LogP contribution in [0.3, 0.4) is 0 Å². The molecule has 2 rings (SSSR count). The molecule has 1 heterocycles. The van der Waals surface area contributed by atoms with Gasteiger partial charge in [0, 0.05) is 19.3 Å². The zero-order chi connectivity index (χ0) is 14.5. The largest absolute Gasteiger partial charge is 0.397 e. The van der Waals surface area contributed by atoms with E-state index in [1.165, 1.54) is 0 Å². The number of benzene rings is 1. The number of likely N-dealkylation sites (N-methyl/N-ethyl adjacent to an activating group) is 1. The summed E-state index contributed by atoms with van der Waals surface area (Å²) in [6.07, 6.45) is 1.70. The number of anilines is 1. The van der Waals surface area contributed by atoms with Gasteiger partial charge in [0.2, 0.25) is 0 Å². The third kappa shape index (κ3) is 2.80. The molecule has 0 aliphatic carbocycles. The Hall–Kier alpha value is -2.34. The van der Waals surface area contributed by atoms with Crippen LogP contribution in [0.1, 0.15) is 17.4 Å². The molecule has 0 unspecified atom stereocenters. The Morgan fingerprint density at radius 1 is 1.40 bits per heavy atom. The van der Waals surface area contributed by atoms with Crippen molar-refractivity contribution < 1.29 is 9.90 Å². The molecular formula is C14H18N4O2. The van der Waals surface area contributed by atoms with Crippen LogP contribution in [0, 0.1) is 0 Å². The zero-order valence-electron chi connectivity index (χ0n) is 11.4. The number of aliphatic hydroxyl groups excluding tert-OH is 1. The molecule has 1 amide bonds. The number of aromatic nitrogens is 2. The molecule has 0 bridgehead atoms.